The number of aldehydes is 2. The Morgan fingerprint density at radius 3 is 2.50 bits per heavy atom. The quantitative estimate of drug-likeness (QED) is 0.782. The van der Waals surface area contributed by atoms with Crippen LogP contribution >= 0.6 is 11.3 Å². The molecule has 1 N–H and O–H groups in total. The van der Waals surface area contributed by atoms with Crippen LogP contribution in [0.1, 0.15) is 20.2 Å². The highest BCUT2D eigenvalue weighted by Crippen LogP contribution is 2.26. The lowest BCUT2D eigenvalue weighted by molar-refractivity contribution is 0.111. The van der Waals surface area contributed by atoms with Crippen LogP contribution in [0.3, 0.4) is 0 Å². The third kappa shape index (κ3) is 1.52. The fraction of sp³-hybridized carbons (Fsp3) is 0. The molecule has 2 heterocycles. The molecule has 2 aromatic heterocycles. The van der Waals surface area contributed by atoms with Crippen LogP contribution in [0.25, 0.3) is 10.6 Å². The smallest absolute Gasteiger partial charge is 0.166 e. The second kappa shape index (κ2) is 3.59. The maximum absolute atomic E-state index is 10.5. The fourth-order valence-corrected chi connectivity index (χ4v) is 1.99. The summed E-state index contributed by atoms with van der Waals surface area (Å²) in [4.78, 5) is 25.5. The Balaban J connectivity index is 2.38. The van der Waals surface area contributed by atoms with Gasteiger partial charge in [-0.25, -0.2) is 0 Å². The third-order valence-electron chi connectivity index (χ3n) is 1.84. The lowest BCUT2D eigenvalue weighted by atomic mass is 10.3. The van der Waals surface area contributed by atoms with Crippen LogP contribution in [-0.4, -0.2) is 17.6 Å². The van der Waals surface area contributed by atoms with Gasteiger partial charge in [-0.2, -0.15) is 0 Å². The number of hydrogen-bond acceptors (Lipinski definition) is 3. The predicted octanol–water partition coefficient (Wildman–Crippen LogP) is 2.37. The topological polar surface area (TPSA) is 49.9 Å². The predicted molar refractivity (Wildman–Crippen MR) is 54.9 cm³/mol. The van der Waals surface area contributed by atoms with Crippen molar-refractivity contribution in [1.82, 2.24) is 4.98 Å². The molecule has 0 spiro atoms. The van der Waals surface area contributed by atoms with Gasteiger partial charge in [0, 0.05) is 0 Å². The monoisotopic (exact) mass is 205 g/mol. The molecule has 4 heteroatoms. The highest BCUT2D eigenvalue weighted by Gasteiger charge is 2.04. The van der Waals surface area contributed by atoms with E-state index in [1.807, 2.05) is 12.1 Å². The lowest BCUT2D eigenvalue weighted by Gasteiger charge is -1.89. The molecular formula is C10H7NO2S. The second-order valence-electron chi connectivity index (χ2n) is 2.77. The first-order chi connectivity index (χ1) is 6.83. The number of nitrogens with one attached hydrogen (secondary N) is 1. The SMILES string of the molecule is O=Cc1ccc(-c2ccc(C=O)s2)[nH]1. The van der Waals surface area contributed by atoms with Crippen LogP contribution in [0.15, 0.2) is 24.3 Å². The van der Waals surface area contributed by atoms with E-state index in [0.717, 1.165) is 23.1 Å². The molecule has 0 aliphatic rings. The maximum atomic E-state index is 10.5. The van der Waals surface area contributed by atoms with Gasteiger partial charge in [-0.1, -0.05) is 0 Å². The molecule has 14 heavy (non-hydrogen) atoms. The number of H-pyrrole nitrogens is 1. The fourth-order valence-electron chi connectivity index (χ4n) is 1.19. The molecule has 0 amide bonds. The number of aromatic amines is 1. The Labute approximate surface area is 84.4 Å². The van der Waals surface area contributed by atoms with E-state index in [1.54, 1.807) is 12.1 Å². The summed E-state index contributed by atoms with van der Waals surface area (Å²) in [5.74, 6) is 0. The average Bonchev–Trinajstić information content (AvgIpc) is 2.86. The van der Waals surface area contributed by atoms with Crippen LogP contribution in [0.4, 0.5) is 0 Å². The number of carbonyl (C=O) groups is 2. The molecule has 0 aromatic carbocycles. The Morgan fingerprint density at radius 2 is 1.93 bits per heavy atom. The van der Waals surface area contributed by atoms with Gasteiger partial charge in [0.15, 0.2) is 12.6 Å². The van der Waals surface area contributed by atoms with E-state index in [4.69, 9.17) is 0 Å². The zero-order chi connectivity index (χ0) is 9.97. The highest BCUT2D eigenvalue weighted by molar-refractivity contribution is 7.17. The van der Waals surface area contributed by atoms with Crippen molar-refractivity contribution in [3.63, 3.8) is 0 Å². The van der Waals surface area contributed by atoms with Crippen LogP contribution in [-0.2, 0) is 0 Å². The number of rotatable bonds is 3. The Morgan fingerprint density at radius 1 is 1.07 bits per heavy atom. The zero-order valence-corrected chi connectivity index (χ0v) is 8.01. The Bertz CT molecular complexity index is 426. The summed E-state index contributed by atoms with van der Waals surface area (Å²) in [6, 6.07) is 7.15. The van der Waals surface area contributed by atoms with E-state index >= 15 is 0 Å². The second-order valence-corrected chi connectivity index (χ2v) is 3.88. The molecule has 0 bridgehead atoms. The number of aromatic nitrogens is 1. The highest BCUT2D eigenvalue weighted by atomic mass is 32.1. The summed E-state index contributed by atoms with van der Waals surface area (Å²) in [7, 11) is 0. The summed E-state index contributed by atoms with van der Waals surface area (Å²) in [6.07, 6.45) is 1.58. The van der Waals surface area contributed by atoms with Crippen molar-refractivity contribution >= 4 is 23.9 Å². The van der Waals surface area contributed by atoms with Crippen molar-refractivity contribution in [2.24, 2.45) is 0 Å². The van der Waals surface area contributed by atoms with Crippen LogP contribution in [0.5, 0.6) is 0 Å². The van der Waals surface area contributed by atoms with Gasteiger partial charge in [-0.15, -0.1) is 11.3 Å². The van der Waals surface area contributed by atoms with Crippen molar-refractivity contribution in [3.8, 4) is 10.6 Å². The molecule has 2 aromatic rings. The van der Waals surface area contributed by atoms with Crippen LogP contribution < -0.4 is 0 Å². The Hall–Kier alpha value is -1.68. The summed E-state index contributed by atoms with van der Waals surface area (Å²) in [5, 5.41) is 0. The first-order valence-corrected chi connectivity index (χ1v) is 4.84. The standard InChI is InChI=1S/C10H7NO2S/c12-5-7-1-3-9(11-7)10-4-2-8(6-13)14-10/h1-6,11H. The largest absolute Gasteiger partial charge is 0.352 e. The van der Waals surface area contributed by atoms with Gasteiger partial charge in [0.2, 0.25) is 0 Å². The van der Waals surface area contributed by atoms with Gasteiger partial charge in [0.25, 0.3) is 0 Å². The van der Waals surface area contributed by atoms with E-state index in [2.05, 4.69) is 4.98 Å². The molecular weight excluding hydrogens is 198 g/mol. The molecule has 0 fully saturated rings. The summed E-state index contributed by atoms with van der Waals surface area (Å²) >= 11 is 1.39. The summed E-state index contributed by atoms with van der Waals surface area (Å²) in [6.45, 7) is 0. The first-order valence-electron chi connectivity index (χ1n) is 4.03. The minimum Gasteiger partial charge on any atom is -0.352 e. The number of carbonyl (C=O) groups excluding carboxylic acids is 2. The summed E-state index contributed by atoms with van der Waals surface area (Å²) < 4.78 is 0. The van der Waals surface area contributed by atoms with Crippen LogP contribution in [0.2, 0.25) is 0 Å². The molecule has 0 unspecified atom stereocenters. The van der Waals surface area contributed by atoms with E-state index in [-0.39, 0.29) is 0 Å². The van der Waals surface area contributed by atoms with Crippen molar-refractivity contribution in [1.29, 1.82) is 0 Å². The Kier molecular flexibility index (Phi) is 2.28. The minimum absolute atomic E-state index is 0.543. The minimum atomic E-state index is 0.543. The molecule has 0 saturated heterocycles. The average molecular weight is 205 g/mol. The van der Waals surface area contributed by atoms with Crippen molar-refractivity contribution < 1.29 is 9.59 Å². The van der Waals surface area contributed by atoms with Gasteiger partial charge in [0.05, 0.1) is 21.1 Å². The van der Waals surface area contributed by atoms with Gasteiger partial charge in [-0.3, -0.25) is 9.59 Å². The van der Waals surface area contributed by atoms with E-state index < -0.39 is 0 Å². The van der Waals surface area contributed by atoms with Crippen molar-refractivity contribution in [2.45, 2.75) is 0 Å². The zero-order valence-electron chi connectivity index (χ0n) is 7.19. The number of thiophene rings is 1. The van der Waals surface area contributed by atoms with E-state index in [1.165, 1.54) is 11.3 Å². The van der Waals surface area contributed by atoms with Gasteiger partial charge >= 0.3 is 0 Å². The first kappa shape index (κ1) is 8.90. The molecule has 70 valence electrons. The van der Waals surface area contributed by atoms with Crippen molar-refractivity contribution in [3.05, 3.63) is 34.8 Å². The molecule has 0 aliphatic heterocycles. The molecule has 2 rings (SSSR count). The molecule has 3 nitrogen and oxygen atoms in total. The molecule has 0 radical (unpaired) electrons. The maximum Gasteiger partial charge on any atom is 0.166 e. The lowest BCUT2D eigenvalue weighted by Crippen LogP contribution is -1.77. The van der Waals surface area contributed by atoms with E-state index in [0.29, 0.717) is 10.6 Å². The number of hydrogen-bond donors (Lipinski definition) is 1. The van der Waals surface area contributed by atoms with Gasteiger partial charge < -0.3 is 4.98 Å². The molecule has 0 aliphatic carbocycles. The molecule has 0 atom stereocenters. The van der Waals surface area contributed by atoms with Crippen LogP contribution in [0, 0.1) is 0 Å². The van der Waals surface area contributed by atoms with Gasteiger partial charge in [-0.05, 0) is 24.3 Å². The van der Waals surface area contributed by atoms with E-state index in [9.17, 15) is 9.59 Å². The third-order valence-corrected chi connectivity index (χ3v) is 2.89. The van der Waals surface area contributed by atoms with Crippen molar-refractivity contribution in [2.75, 3.05) is 0 Å². The molecule has 0 saturated carbocycles. The summed E-state index contributed by atoms with van der Waals surface area (Å²) in [5.41, 5.74) is 1.41. The van der Waals surface area contributed by atoms with Gasteiger partial charge in [0.1, 0.15) is 0 Å². The normalized spacial score (nSPS) is 10.0.